The number of hydrogen-bond acceptors (Lipinski definition) is 2. The van der Waals surface area contributed by atoms with Crippen LogP contribution in [-0.2, 0) is 5.75 Å². The fraction of sp³-hybridized carbons (Fsp3) is 0.455. The van der Waals surface area contributed by atoms with Crippen molar-refractivity contribution in [3.8, 4) is 0 Å². The van der Waals surface area contributed by atoms with Crippen LogP contribution in [0, 0.1) is 0 Å². The molecular formula is C11H14Cl2OS. The Morgan fingerprint density at radius 2 is 2.13 bits per heavy atom. The third-order valence-corrected chi connectivity index (χ3v) is 4.23. The highest BCUT2D eigenvalue weighted by Crippen LogP contribution is 2.29. The summed E-state index contributed by atoms with van der Waals surface area (Å²) < 4.78 is 0. The van der Waals surface area contributed by atoms with E-state index in [1.807, 2.05) is 12.1 Å². The third-order valence-electron chi connectivity index (χ3n) is 2.09. The molecule has 0 saturated heterocycles. The Balaban J connectivity index is 2.54. The number of benzene rings is 1. The van der Waals surface area contributed by atoms with Gasteiger partial charge in [0.15, 0.2) is 0 Å². The average Bonchev–Trinajstić information content (AvgIpc) is 2.21. The van der Waals surface area contributed by atoms with Crippen molar-refractivity contribution >= 4 is 35.0 Å². The van der Waals surface area contributed by atoms with Gasteiger partial charge in [0.2, 0.25) is 0 Å². The molecule has 0 aliphatic carbocycles. The highest BCUT2D eigenvalue weighted by Gasteiger charge is 2.07. The van der Waals surface area contributed by atoms with E-state index in [0.717, 1.165) is 17.7 Å². The third kappa shape index (κ3) is 4.23. The maximum Gasteiger partial charge on any atom is 0.0632 e. The van der Waals surface area contributed by atoms with Gasteiger partial charge in [-0.3, -0.25) is 0 Å². The predicted octanol–water partition coefficient (Wildman–Crippen LogP) is 4.00. The first kappa shape index (κ1) is 13.2. The van der Waals surface area contributed by atoms with Crippen LogP contribution in [0.4, 0.5) is 0 Å². The fourth-order valence-electron chi connectivity index (χ4n) is 1.16. The van der Waals surface area contributed by atoms with Crippen molar-refractivity contribution in [2.45, 2.75) is 24.3 Å². The van der Waals surface area contributed by atoms with Gasteiger partial charge in [-0.1, -0.05) is 42.3 Å². The van der Waals surface area contributed by atoms with Crippen LogP contribution in [0.3, 0.4) is 0 Å². The number of aliphatic hydroxyl groups is 1. The van der Waals surface area contributed by atoms with Crippen molar-refractivity contribution in [2.24, 2.45) is 0 Å². The van der Waals surface area contributed by atoms with Gasteiger partial charge in [0.1, 0.15) is 0 Å². The van der Waals surface area contributed by atoms with Crippen molar-refractivity contribution in [1.82, 2.24) is 0 Å². The summed E-state index contributed by atoms with van der Waals surface area (Å²) in [5, 5.41) is 10.5. The predicted molar refractivity (Wildman–Crippen MR) is 68.9 cm³/mol. The lowest BCUT2D eigenvalue weighted by atomic mass is 10.2. The number of hydrogen-bond donors (Lipinski definition) is 1. The quantitative estimate of drug-likeness (QED) is 0.868. The Kier molecular flexibility index (Phi) is 5.83. The molecule has 0 aliphatic heterocycles. The van der Waals surface area contributed by atoms with Crippen LogP contribution < -0.4 is 0 Å². The molecule has 84 valence electrons. The standard InChI is InChI=1S/C11H14Cl2OS/c1-8(5-6-14)15-7-9-3-2-4-10(12)11(9)13/h2-4,8,14H,5-7H2,1H3. The first-order valence-corrected chi connectivity index (χ1v) is 6.61. The first-order valence-electron chi connectivity index (χ1n) is 4.80. The minimum Gasteiger partial charge on any atom is -0.396 e. The summed E-state index contributed by atoms with van der Waals surface area (Å²) in [5.41, 5.74) is 1.05. The second-order valence-electron chi connectivity index (χ2n) is 3.35. The minimum atomic E-state index is 0.234. The van der Waals surface area contributed by atoms with Crippen LogP contribution >= 0.6 is 35.0 Å². The van der Waals surface area contributed by atoms with Gasteiger partial charge in [0, 0.05) is 17.6 Å². The monoisotopic (exact) mass is 264 g/mol. The number of rotatable bonds is 5. The average molecular weight is 265 g/mol. The van der Waals surface area contributed by atoms with Gasteiger partial charge in [-0.25, -0.2) is 0 Å². The molecule has 1 aromatic carbocycles. The topological polar surface area (TPSA) is 20.2 Å². The zero-order valence-corrected chi connectivity index (χ0v) is 10.9. The zero-order chi connectivity index (χ0) is 11.3. The second-order valence-corrected chi connectivity index (χ2v) is 5.56. The van der Waals surface area contributed by atoms with E-state index in [-0.39, 0.29) is 6.61 Å². The van der Waals surface area contributed by atoms with Crippen molar-refractivity contribution < 1.29 is 5.11 Å². The molecule has 0 bridgehead atoms. The van der Waals surface area contributed by atoms with Crippen molar-refractivity contribution in [1.29, 1.82) is 0 Å². The van der Waals surface area contributed by atoms with Gasteiger partial charge in [0.05, 0.1) is 10.0 Å². The van der Waals surface area contributed by atoms with Gasteiger partial charge < -0.3 is 5.11 Å². The molecule has 1 nitrogen and oxygen atoms in total. The van der Waals surface area contributed by atoms with Gasteiger partial charge in [-0.2, -0.15) is 11.8 Å². The van der Waals surface area contributed by atoms with E-state index < -0.39 is 0 Å². The molecule has 1 unspecified atom stereocenters. The van der Waals surface area contributed by atoms with Crippen LogP contribution in [0.25, 0.3) is 0 Å². The van der Waals surface area contributed by atoms with Gasteiger partial charge in [0.25, 0.3) is 0 Å². The van der Waals surface area contributed by atoms with Gasteiger partial charge in [-0.05, 0) is 18.1 Å². The lowest BCUT2D eigenvalue weighted by Crippen LogP contribution is -2.00. The molecule has 4 heteroatoms. The van der Waals surface area contributed by atoms with Crippen molar-refractivity contribution in [3.05, 3.63) is 33.8 Å². The first-order chi connectivity index (χ1) is 7.15. The van der Waals surface area contributed by atoms with E-state index >= 15 is 0 Å². The van der Waals surface area contributed by atoms with Crippen LogP contribution in [0.5, 0.6) is 0 Å². The Hall–Kier alpha value is 0.110. The van der Waals surface area contributed by atoms with Crippen LogP contribution in [-0.4, -0.2) is 17.0 Å². The summed E-state index contributed by atoms with van der Waals surface area (Å²) in [4.78, 5) is 0. The summed E-state index contributed by atoms with van der Waals surface area (Å²) in [7, 11) is 0. The van der Waals surface area contributed by atoms with Crippen molar-refractivity contribution in [2.75, 3.05) is 6.61 Å². The molecular weight excluding hydrogens is 251 g/mol. The largest absolute Gasteiger partial charge is 0.396 e. The summed E-state index contributed by atoms with van der Waals surface area (Å²) in [6, 6.07) is 5.67. The second kappa shape index (κ2) is 6.64. The SMILES string of the molecule is CC(CCO)SCc1cccc(Cl)c1Cl. The van der Waals surface area contributed by atoms with E-state index in [9.17, 15) is 0 Å². The lowest BCUT2D eigenvalue weighted by Gasteiger charge is -2.10. The number of aliphatic hydroxyl groups excluding tert-OH is 1. The van der Waals surface area contributed by atoms with E-state index in [1.165, 1.54) is 0 Å². The molecule has 0 spiro atoms. The minimum absolute atomic E-state index is 0.234. The Labute approximate surface area is 105 Å². The molecule has 0 radical (unpaired) electrons. The molecule has 0 amide bonds. The molecule has 1 atom stereocenters. The molecule has 15 heavy (non-hydrogen) atoms. The number of halogens is 2. The fourth-order valence-corrected chi connectivity index (χ4v) is 2.60. The molecule has 1 aromatic rings. The normalized spacial score (nSPS) is 12.8. The van der Waals surface area contributed by atoms with Gasteiger partial charge in [-0.15, -0.1) is 0 Å². The van der Waals surface area contributed by atoms with E-state index in [0.29, 0.717) is 15.3 Å². The smallest absolute Gasteiger partial charge is 0.0632 e. The van der Waals surface area contributed by atoms with Gasteiger partial charge >= 0.3 is 0 Å². The Bertz CT molecular complexity index is 317. The molecule has 0 heterocycles. The molecule has 1 rings (SSSR count). The lowest BCUT2D eigenvalue weighted by molar-refractivity contribution is 0.289. The summed E-state index contributed by atoms with van der Waals surface area (Å²) in [6.07, 6.45) is 0.808. The van der Waals surface area contributed by atoms with Crippen LogP contribution in [0.2, 0.25) is 10.0 Å². The Morgan fingerprint density at radius 1 is 1.40 bits per heavy atom. The van der Waals surface area contributed by atoms with Crippen molar-refractivity contribution in [3.63, 3.8) is 0 Å². The Morgan fingerprint density at radius 3 is 2.80 bits per heavy atom. The summed E-state index contributed by atoms with van der Waals surface area (Å²) in [6.45, 7) is 2.33. The van der Waals surface area contributed by atoms with E-state index in [2.05, 4.69) is 6.92 Å². The molecule has 1 N–H and O–H groups in total. The van der Waals surface area contributed by atoms with Crippen LogP contribution in [0.15, 0.2) is 18.2 Å². The molecule has 0 saturated carbocycles. The molecule has 0 aliphatic rings. The summed E-state index contributed by atoms with van der Waals surface area (Å²) >= 11 is 13.7. The summed E-state index contributed by atoms with van der Waals surface area (Å²) in [5.74, 6) is 0.834. The van der Waals surface area contributed by atoms with E-state index in [4.69, 9.17) is 28.3 Å². The molecule has 0 aromatic heterocycles. The molecule has 0 fully saturated rings. The van der Waals surface area contributed by atoms with Crippen LogP contribution in [0.1, 0.15) is 18.9 Å². The maximum absolute atomic E-state index is 8.77. The van der Waals surface area contributed by atoms with E-state index in [1.54, 1.807) is 17.8 Å². The maximum atomic E-state index is 8.77. The highest BCUT2D eigenvalue weighted by molar-refractivity contribution is 7.99. The highest BCUT2D eigenvalue weighted by atomic mass is 35.5. The number of thioether (sulfide) groups is 1. The zero-order valence-electron chi connectivity index (χ0n) is 8.54.